The maximum Gasteiger partial charge on any atom is 0.449 e. The van der Waals surface area contributed by atoms with E-state index >= 15 is 0 Å². The van der Waals surface area contributed by atoms with Crippen LogP contribution in [-0.2, 0) is 4.79 Å². The summed E-state index contributed by atoms with van der Waals surface area (Å²) in [4.78, 5) is 11.1. The quantitative estimate of drug-likeness (QED) is 0.541. The lowest BCUT2D eigenvalue weighted by molar-refractivity contribution is -0.127. The summed E-state index contributed by atoms with van der Waals surface area (Å²) >= 11 is 0. The smallest absolute Gasteiger partial charge is 0.449 e. The van der Waals surface area contributed by atoms with Gasteiger partial charge >= 0.3 is 6.18 Å². The Bertz CT molecular complexity index is 261. The highest BCUT2D eigenvalue weighted by Gasteiger charge is 2.40. The molecule has 1 aliphatic rings. The predicted molar refractivity (Wildman–Crippen MR) is 39.1 cm³/mol. The van der Waals surface area contributed by atoms with E-state index < -0.39 is 23.3 Å². The van der Waals surface area contributed by atoms with Gasteiger partial charge in [-0.05, 0) is 19.8 Å². The third-order valence-corrected chi connectivity index (χ3v) is 1.94. The van der Waals surface area contributed by atoms with Crippen LogP contribution in [0, 0.1) is 5.92 Å². The predicted octanol–water partition coefficient (Wildman–Crippen LogP) is 2.36. The van der Waals surface area contributed by atoms with E-state index in [-0.39, 0.29) is 5.92 Å². The zero-order valence-electron chi connectivity index (χ0n) is 6.98. The number of hydrogen-bond acceptors (Lipinski definition) is 2. The number of aliphatic hydroxyl groups is 1. The van der Waals surface area contributed by atoms with Crippen LogP contribution < -0.4 is 0 Å². The van der Waals surface area contributed by atoms with Gasteiger partial charge in [0.15, 0.2) is 5.78 Å². The van der Waals surface area contributed by atoms with Crippen LogP contribution in [0.25, 0.3) is 0 Å². The Balaban J connectivity index is 2.83. The number of allylic oxidation sites excluding steroid dienone is 2. The molecule has 0 spiro atoms. The van der Waals surface area contributed by atoms with Gasteiger partial charge in [-0.1, -0.05) is 0 Å². The third kappa shape index (κ3) is 2.23. The first kappa shape index (κ1) is 10.1. The largest absolute Gasteiger partial charge is 0.504 e. The molecule has 0 aromatic rings. The summed E-state index contributed by atoms with van der Waals surface area (Å²) < 4.78 is 35.7. The highest BCUT2D eigenvalue weighted by molar-refractivity contribution is 5.98. The molecule has 0 atom stereocenters. The third-order valence-electron chi connectivity index (χ3n) is 1.94. The Morgan fingerprint density at radius 2 is 1.85 bits per heavy atom. The average molecular weight is 194 g/mol. The minimum atomic E-state index is -4.81. The molecule has 74 valence electrons. The van der Waals surface area contributed by atoms with Crippen molar-refractivity contribution in [2.24, 2.45) is 5.92 Å². The Morgan fingerprint density at radius 3 is 2.15 bits per heavy atom. The van der Waals surface area contributed by atoms with Crippen molar-refractivity contribution >= 4 is 5.78 Å². The molecule has 0 radical (unpaired) electrons. The van der Waals surface area contributed by atoms with Gasteiger partial charge in [-0.15, -0.1) is 0 Å². The maximum absolute atomic E-state index is 11.9. The van der Waals surface area contributed by atoms with Crippen LogP contribution in [0.15, 0.2) is 11.3 Å². The molecular formula is C8H9F3O2. The standard InChI is InChI=1S/C8H9F3O2/c1-4(6(12)5-2-3-5)7(13)8(9,10)11/h5,13H,2-3H2,1H3. The normalized spacial score (nSPS) is 19.7. The molecule has 1 N–H and O–H groups in total. The molecule has 0 amide bonds. The lowest BCUT2D eigenvalue weighted by Gasteiger charge is -2.07. The monoisotopic (exact) mass is 194 g/mol. The van der Waals surface area contributed by atoms with E-state index in [1.165, 1.54) is 0 Å². The van der Waals surface area contributed by atoms with Crippen molar-refractivity contribution in [1.29, 1.82) is 0 Å². The van der Waals surface area contributed by atoms with Gasteiger partial charge in [-0.3, -0.25) is 4.79 Å². The number of hydrogen-bond donors (Lipinski definition) is 1. The summed E-state index contributed by atoms with van der Waals surface area (Å²) in [7, 11) is 0. The molecule has 0 aromatic heterocycles. The summed E-state index contributed by atoms with van der Waals surface area (Å²) in [5, 5.41) is 8.64. The molecule has 1 saturated carbocycles. The lowest BCUT2D eigenvalue weighted by Crippen LogP contribution is -2.17. The molecule has 1 aliphatic carbocycles. The van der Waals surface area contributed by atoms with Crippen molar-refractivity contribution in [3.05, 3.63) is 11.3 Å². The van der Waals surface area contributed by atoms with E-state index in [9.17, 15) is 18.0 Å². The van der Waals surface area contributed by atoms with Gasteiger partial charge in [0.05, 0.1) is 0 Å². The first-order valence-electron chi connectivity index (χ1n) is 3.85. The molecular weight excluding hydrogens is 185 g/mol. The fraction of sp³-hybridized carbons (Fsp3) is 0.625. The fourth-order valence-corrected chi connectivity index (χ4v) is 0.981. The zero-order chi connectivity index (χ0) is 10.2. The molecule has 13 heavy (non-hydrogen) atoms. The zero-order valence-corrected chi connectivity index (χ0v) is 6.98. The van der Waals surface area contributed by atoms with E-state index in [0.717, 1.165) is 6.92 Å². The van der Waals surface area contributed by atoms with Gasteiger partial charge in [-0.2, -0.15) is 13.2 Å². The minimum absolute atomic E-state index is 0.301. The van der Waals surface area contributed by atoms with E-state index in [1.54, 1.807) is 0 Å². The molecule has 0 bridgehead atoms. The summed E-state index contributed by atoms with van der Waals surface area (Å²) in [5.74, 6) is -2.65. The molecule has 0 heterocycles. The number of ketones is 1. The molecule has 0 saturated heterocycles. The van der Waals surface area contributed by atoms with Crippen LogP contribution in [0.5, 0.6) is 0 Å². The van der Waals surface area contributed by atoms with Crippen molar-refractivity contribution < 1.29 is 23.1 Å². The Kier molecular flexibility index (Phi) is 2.36. The second-order valence-corrected chi connectivity index (χ2v) is 3.11. The first-order valence-corrected chi connectivity index (χ1v) is 3.85. The van der Waals surface area contributed by atoms with Crippen LogP contribution >= 0.6 is 0 Å². The Hall–Kier alpha value is -1.00. The van der Waals surface area contributed by atoms with Gasteiger partial charge in [0.25, 0.3) is 0 Å². The van der Waals surface area contributed by atoms with Crippen molar-refractivity contribution in [3.8, 4) is 0 Å². The van der Waals surface area contributed by atoms with E-state index in [0.29, 0.717) is 12.8 Å². The van der Waals surface area contributed by atoms with Crippen LogP contribution in [0.1, 0.15) is 19.8 Å². The number of aliphatic hydroxyl groups excluding tert-OH is 1. The van der Waals surface area contributed by atoms with Crippen molar-refractivity contribution in [2.75, 3.05) is 0 Å². The second kappa shape index (κ2) is 3.05. The van der Waals surface area contributed by atoms with E-state index in [2.05, 4.69) is 0 Å². The number of carbonyl (C=O) groups is 1. The number of Topliss-reactive ketones (excluding diaryl/α,β-unsaturated/α-hetero) is 1. The Labute approximate surface area is 73.1 Å². The molecule has 1 rings (SSSR count). The van der Waals surface area contributed by atoms with E-state index in [4.69, 9.17) is 5.11 Å². The average Bonchev–Trinajstić information content (AvgIpc) is 2.81. The molecule has 0 unspecified atom stereocenters. The highest BCUT2D eigenvalue weighted by atomic mass is 19.4. The first-order chi connectivity index (χ1) is 5.84. The van der Waals surface area contributed by atoms with Crippen LogP contribution in [0.2, 0.25) is 0 Å². The minimum Gasteiger partial charge on any atom is -0.504 e. The van der Waals surface area contributed by atoms with Crippen LogP contribution in [0.4, 0.5) is 13.2 Å². The summed E-state index contributed by atoms with van der Waals surface area (Å²) in [6, 6.07) is 0. The van der Waals surface area contributed by atoms with Gasteiger partial charge in [0.2, 0.25) is 5.76 Å². The maximum atomic E-state index is 11.9. The van der Waals surface area contributed by atoms with Crippen LogP contribution in [0.3, 0.4) is 0 Å². The van der Waals surface area contributed by atoms with Gasteiger partial charge in [0.1, 0.15) is 0 Å². The molecule has 5 heteroatoms. The molecule has 0 aliphatic heterocycles. The van der Waals surface area contributed by atoms with Gasteiger partial charge in [0, 0.05) is 11.5 Å². The van der Waals surface area contributed by atoms with Crippen molar-refractivity contribution in [1.82, 2.24) is 0 Å². The summed E-state index contributed by atoms with van der Waals surface area (Å²) in [6.07, 6.45) is -3.56. The van der Waals surface area contributed by atoms with Gasteiger partial charge < -0.3 is 5.11 Å². The second-order valence-electron chi connectivity index (χ2n) is 3.11. The number of halogens is 3. The SMILES string of the molecule is CC(C(=O)C1CC1)=C(O)C(F)(F)F. The molecule has 0 aromatic carbocycles. The summed E-state index contributed by atoms with van der Waals surface area (Å²) in [5.41, 5.74) is -0.574. The number of rotatable bonds is 2. The Morgan fingerprint density at radius 1 is 1.38 bits per heavy atom. The highest BCUT2D eigenvalue weighted by Crippen LogP contribution is 2.35. The molecule has 2 nitrogen and oxygen atoms in total. The lowest BCUT2D eigenvalue weighted by atomic mass is 10.1. The number of alkyl halides is 3. The molecule has 1 fully saturated rings. The van der Waals surface area contributed by atoms with Gasteiger partial charge in [-0.25, -0.2) is 0 Å². The van der Waals surface area contributed by atoms with Crippen molar-refractivity contribution in [2.45, 2.75) is 25.9 Å². The van der Waals surface area contributed by atoms with Crippen LogP contribution in [-0.4, -0.2) is 17.1 Å². The summed E-state index contributed by atoms with van der Waals surface area (Å²) in [6.45, 7) is 1.00. The fourth-order valence-electron chi connectivity index (χ4n) is 0.981. The van der Waals surface area contributed by atoms with E-state index in [1.807, 2.05) is 0 Å². The topological polar surface area (TPSA) is 37.3 Å². The van der Waals surface area contributed by atoms with Crippen molar-refractivity contribution in [3.63, 3.8) is 0 Å². The number of carbonyl (C=O) groups excluding carboxylic acids is 1.